The van der Waals surface area contributed by atoms with Crippen molar-refractivity contribution in [2.45, 2.75) is 13.1 Å². The fourth-order valence-electron chi connectivity index (χ4n) is 2.68. The molecule has 90 valence electrons. The van der Waals surface area contributed by atoms with E-state index >= 15 is 0 Å². The van der Waals surface area contributed by atoms with Crippen molar-refractivity contribution in [1.82, 2.24) is 19.9 Å². The zero-order valence-electron chi connectivity index (χ0n) is 9.98. The van der Waals surface area contributed by atoms with Crippen molar-refractivity contribution in [3.05, 3.63) is 42.4 Å². The van der Waals surface area contributed by atoms with Gasteiger partial charge < -0.3 is 14.9 Å². The zero-order valence-corrected chi connectivity index (χ0v) is 9.98. The molecule has 2 aromatic heterocycles. The summed E-state index contributed by atoms with van der Waals surface area (Å²) in [6, 6.07) is 8.36. The van der Waals surface area contributed by atoms with Gasteiger partial charge in [-0.25, -0.2) is 4.98 Å². The van der Waals surface area contributed by atoms with Gasteiger partial charge >= 0.3 is 0 Å². The minimum Gasteiger partial charge on any atom is -0.360 e. The first-order chi connectivity index (χ1) is 8.93. The van der Waals surface area contributed by atoms with Crippen LogP contribution in [0, 0.1) is 0 Å². The molecule has 0 fully saturated rings. The molecule has 4 nitrogen and oxygen atoms in total. The van der Waals surface area contributed by atoms with Crippen molar-refractivity contribution in [3.63, 3.8) is 0 Å². The third-order valence-corrected chi connectivity index (χ3v) is 3.59. The van der Waals surface area contributed by atoms with Gasteiger partial charge in [-0.1, -0.05) is 18.2 Å². The van der Waals surface area contributed by atoms with Crippen LogP contribution >= 0.6 is 0 Å². The number of hydrogen-bond donors (Lipinski definition) is 2. The van der Waals surface area contributed by atoms with Crippen LogP contribution in [-0.2, 0) is 13.1 Å². The molecule has 0 radical (unpaired) electrons. The molecule has 1 aliphatic heterocycles. The lowest BCUT2D eigenvalue weighted by atomic mass is 10.1. The molecule has 0 unspecified atom stereocenters. The van der Waals surface area contributed by atoms with Gasteiger partial charge in [0.15, 0.2) is 0 Å². The minimum atomic E-state index is 0.912. The monoisotopic (exact) mass is 238 g/mol. The third kappa shape index (κ3) is 1.32. The van der Waals surface area contributed by atoms with Crippen molar-refractivity contribution in [2.24, 2.45) is 0 Å². The van der Waals surface area contributed by atoms with Crippen molar-refractivity contribution < 1.29 is 0 Å². The van der Waals surface area contributed by atoms with Crippen LogP contribution < -0.4 is 5.32 Å². The second-order valence-corrected chi connectivity index (χ2v) is 4.65. The van der Waals surface area contributed by atoms with E-state index in [4.69, 9.17) is 0 Å². The second-order valence-electron chi connectivity index (χ2n) is 4.65. The smallest absolute Gasteiger partial charge is 0.142 e. The van der Waals surface area contributed by atoms with Crippen molar-refractivity contribution in [3.8, 4) is 11.4 Å². The van der Waals surface area contributed by atoms with Crippen molar-refractivity contribution in [1.29, 1.82) is 0 Å². The van der Waals surface area contributed by atoms with E-state index < -0.39 is 0 Å². The number of benzene rings is 1. The van der Waals surface area contributed by atoms with E-state index in [1.807, 2.05) is 12.3 Å². The summed E-state index contributed by atoms with van der Waals surface area (Å²) in [6.07, 6.45) is 4.03. The topological polar surface area (TPSA) is 45.6 Å². The van der Waals surface area contributed by atoms with Gasteiger partial charge in [0.05, 0.1) is 11.9 Å². The predicted octanol–water partition coefficient (Wildman–Crippen LogP) is 2.13. The Kier molecular flexibility index (Phi) is 2.04. The normalized spacial score (nSPS) is 14.9. The summed E-state index contributed by atoms with van der Waals surface area (Å²) in [4.78, 5) is 7.91. The molecule has 0 aliphatic carbocycles. The molecule has 0 amide bonds. The highest BCUT2D eigenvalue weighted by atomic mass is 15.1. The SMILES string of the molecule is c1ccc2c(-c3ncc4n3CCNC4)c[nH]c2c1. The molecule has 18 heavy (non-hydrogen) atoms. The van der Waals surface area contributed by atoms with Gasteiger partial charge in [-0.3, -0.25) is 0 Å². The van der Waals surface area contributed by atoms with Gasteiger partial charge in [-0.15, -0.1) is 0 Å². The summed E-state index contributed by atoms with van der Waals surface area (Å²) >= 11 is 0. The van der Waals surface area contributed by atoms with Crippen molar-refractivity contribution in [2.75, 3.05) is 6.54 Å². The molecule has 2 N–H and O–H groups in total. The largest absolute Gasteiger partial charge is 0.360 e. The Morgan fingerprint density at radius 1 is 1.22 bits per heavy atom. The van der Waals surface area contributed by atoms with Crippen LogP contribution in [0.3, 0.4) is 0 Å². The Bertz CT molecular complexity index is 707. The number of rotatable bonds is 1. The molecule has 1 aromatic carbocycles. The summed E-state index contributed by atoms with van der Waals surface area (Å²) in [5, 5.41) is 4.61. The average molecular weight is 238 g/mol. The van der Waals surface area contributed by atoms with Crippen LogP contribution in [0.5, 0.6) is 0 Å². The van der Waals surface area contributed by atoms with E-state index in [2.05, 4.69) is 44.2 Å². The maximum Gasteiger partial charge on any atom is 0.142 e. The van der Waals surface area contributed by atoms with Gasteiger partial charge in [0, 0.05) is 42.3 Å². The molecule has 1 aliphatic rings. The standard InChI is InChI=1S/C14H14N4/c1-2-4-13-11(3-1)12(9-16-13)14-17-8-10-7-15-5-6-18(10)14/h1-4,8-9,15-16H,5-7H2. The Hall–Kier alpha value is -2.07. The van der Waals surface area contributed by atoms with Crippen LogP contribution in [0.4, 0.5) is 0 Å². The number of aromatic amines is 1. The molecule has 4 heteroatoms. The molecule has 4 rings (SSSR count). The first-order valence-corrected chi connectivity index (χ1v) is 6.25. The van der Waals surface area contributed by atoms with Gasteiger partial charge in [-0.05, 0) is 6.07 Å². The van der Waals surface area contributed by atoms with Gasteiger partial charge in [0.2, 0.25) is 0 Å². The number of H-pyrrole nitrogens is 1. The highest BCUT2D eigenvalue weighted by Gasteiger charge is 2.16. The van der Waals surface area contributed by atoms with Gasteiger partial charge in [0.1, 0.15) is 5.82 Å². The molecule has 0 spiro atoms. The number of imidazole rings is 1. The number of nitrogens with zero attached hydrogens (tertiary/aromatic N) is 2. The van der Waals surface area contributed by atoms with E-state index in [0.29, 0.717) is 0 Å². The Morgan fingerprint density at radius 2 is 2.17 bits per heavy atom. The number of fused-ring (bicyclic) bond motifs is 2. The first kappa shape index (κ1) is 9.91. The molecule has 0 bridgehead atoms. The fraction of sp³-hybridized carbons (Fsp3) is 0.214. The van der Waals surface area contributed by atoms with E-state index in [-0.39, 0.29) is 0 Å². The summed E-state index contributed by atoms with van der Waals surface area (Å²) in [5.41, 5.74) is 3.62. The summed E-state index contributed by atoms with van der Waals surface area (Å²) in [7, 11) is 0. The van der Waals surface area contributed by atoms with E-state index in [1.54, 1.807) is 0 Å². The first-order valence-electron chi connectivity index (χ1n) is 6.25. The molecular formula is C14H14N4. The lowest BCUT2D eigenvalue weighted by molar-refractivity contribution is 0.520. The Labute approximate surface area is 105 Å². The molecule has 0 atom stereocenters. The summed E-state index contributed by atoms with van der Waals surface area (Å²) in [5.74, 6) is 1.07. The van der Waals surface area contributed by atoms with Crippen LogP contribution in [0.25, 0.3) is 22.3 Å². The number of para-hydroxylation sites is 1. The van der Waals surface area contributed by atoms with Gasteiger partial charge in [0.25, 0.3) is 0 Å². The van der Waals surface area contributed by atoms with E-state index in [1.165, 1.54) is 22.2 Å². The zero-order chi connectivity index (χ0) is 11.9. The Morgan fingerprint density at radius 3 is 3.17 bits per heavy atom. The number of hydrogen-bond acceptors (Lipinski definition) is 2. The molecule has 0 saturated carbocycles. The quantitative estimate of drug-likeness (QED) is 0.682. The second kappa shape index (κ2) is 3.71. The van der Waals surface area contributed by atoms with Crippen LogP contribution in [0.1, 0.15) is 5.69 Å². The highest BCUT2D eigenvalue weighted by molar-refractivity contribution is 5.93. The van der Waals surface area contributed by atoms with Crippen molar-refractivity contribution >= 4 is 10.9 Å². The maximum absolute atomic E-state index is 4.59. The predicted molar refractivity (Wildman–Crippen MR) is 71.2 cm³/mol. The van der Waals surface area contributed by atoms with Crippen LogP contribution in [-0.4, -0.2) is 21.1 Å². The number of aromatic nitrogens is 3. The minimum absolute atomic E-state index is 0.912. The Balaban J connectivity index is 1.95. The molecular weight excluding hydrogens is 224 g/mol. The van der Waals surface area contributed by atoms with E-state index in [9.17, 15) is 0 Å². The molecule has 3 aromatic rings. The lowest BCUT2D eigenvalue weighted by Crippen LogP contribution is -2.27. The molecule has 0 saturated heterocycles. The van der Waals surface area contributed by atoms with Gasteiger partial charge in [-0.2, -0.15) is 0 Å². The number of nitrogens with one attached hydrogen (secondary N) is 2. The van der Waals surface area contributed by atoms with Crippen LogP contribution in [0.15, 0.2) is 36.7 Å². The summed E-state index contributed by atoms with van der Waals surface area (Å²) in [6.45, 7) is 2.91. The maximum atomic E-state index is 4.59. The lowest BCUT2D eigenvalue weighted by Gasteiger charge is -2.17. The van der Waals surface area contributed by atoms with Crippen LogP contribution in [0.2, 0.25) is 0 Å². The highest BCUT2D eigenvalue weighted by Crippen LogP contribution is 2.28. The summed E-state index contributed by atoms with van der Waals surface area (Å²) < 4.78 is 2.31. The third-order valence-electron chi connectivity index (χ3n) is 3.59. The van der Waals surface area contributed by atoms with E-state index in [0.717, 1.165) is 25.5 Å². The average Bonchev–Trinajstić information content (AvgIpc) is 3.01. The fourth-order valence-corrected chi connectivity index (χ4v) is 2.68. The molecule has 3 heterocycles.